The molecule has 0 aromatic heterocycles. The molecular weight excluding hydrogens is 222 g/mol. The van der Waals surface area contributed by atoms with Crippen LogP contribution in [-0.4, -0.2) is 36.9 Å². The van der Waals surface area contributed by atoms with Crippen LogP contribution in [0.3, 0.4) is 0 Å². The van der Waals surface area contributed by atoms with Crippen molar-refractivity contribution >= 4 is 5.97 Å². The summed E-state index contributed by atoms with van der Waals surface area (Å²) in [6, 6.07) is 5.37. The lowest BCUT2D eigenvalue weighted by Gasteiger charge is -2.23. The number of hydrogen-bond donors (Lipinski definition) is 1. The highest BCUT2D eigenvalue weighted by Gasteiger charge is 2.21. The van der Waals surface area contributed by atoms with E-state index in [1.807, 2.05) is 37.2 Å². The predicted octanol–water partition coefficient (Wildman–Crippen LogP) is 1.49. The first-order valence-corrected chi connectivity index (χ1v) is 5.35. The number of rotatable bonds is 4. The Morgan fingerprint density at radius 1 is 1.41 bits per heavy atom. The summed E-state index contributed by atoms with van der Waals surface area (Å²) in [5.41, 5.74) is 0.918. The van der Waals surface area contributed by atoms with E-state index in [-0.39, 0.29) is 19.3 Å². The number of carboxylic acids is 1. The summed E-state index contributed by atoms with van der Waals surface area (Å²) in [5, 5.41) is 8.90. The minimum absolute atomic E-state index is 0.0621. The minimum Gasteiger partial charge on any atom is -0.481 e. The molecule has 1 unspecified atom stereocenters. The molecule has 1 heterocycles. The highest BCUT2D eigenvalue weighted by atomic mass is 16.7. The molecule has 0 saturated carbocycles. The Labute approximate surface area is 99.6 Å². The average molecular weight is 237 g/mol. The fraction of sp³-hybridized carbons (Fsp3) is 0.417. The van der Waals surface area contributed by atoms with Gasteiger partial charge in [-0.25, -0.2) is 0 Å². The third-order valence-electron chi connectivity index (χ3n) is 2.77. The van der Waals surface area contributed by atoms with Gasteiger partial charge in [-0.15, -0.1) is 0 Å². The van der Waals surface area contributed by atoms with Gasteiger partial charge in [0.2, 0.25) is 6.79 Å². The largest absolute Gasteiger partial charge is 0.481 e. The van der Waals surface area contributed by atoms with Crippen LogP contribution in [0.2, 0.25) is 0 Å². The predicted molar refractivity (Wildman–Crippen MR) is 61.2 cm³/mol. The summed E-state index contributed by atoms with van der Waals surface area (Å²) in [4.78, 5) is 12.7. The highest BCUT2D eigenvalue weighted by molar-refractivity contribution is 5.68. The number of hydrogen-bond acceptors (Lipinski definition) is 4. The Morgan fingerprint density at radius 2 is 2.12 bits per heavy atom. The van der Waals surface area contributed by atoms with Crippen LogP contribution in [-0.2, 0) is 4.79 Å². The van der Waals surface area contributed by atoms with Gasteiger partial charge >= 0.3 is 5.97 Å². The number of ether oxygens (including phenoxy) is 2. The Hall–Kier alpha value is -1.75. The lowest BCUT2D eigenvalue weighted by Crippen LogP contribution is -2.22. The molecule has 0 aliphatic carbocycles. The van der Waals surface area contributed by atoms with Gasteiger partial charge in [0.05, 0.1) is 6.42 Å². The molecule has 17 heavy (non-hydrogen) atoms. The smallest absolute Gasteiger partial charge is 0.305 e. The number of fused-ring (bicyclic) bond motifs is 1. The van der Waals surface area contributed by atoms with Crippen LogP contribution in [0.1, 0.15) is 18.0 Å². The topological polar surface area (TPSA) is 59.0 Å². The van der Waals surface area contributed by atoms with E-state index in [9.17, 15) is 4.79 Å². The van der Waals surface area contributed by atoms with E-state index in [1.54, 1.807) is 0 Å². The van der Waals surface area contributed by atoms with Crippen molar-refractivity contribution in [1.29, 1.82) is 0 Å². The molecular formula is C12H15NO4. The van der Waals surface area contributed by atoms with Gasteiger partial charge in [-0.2, -0.15) is 0 Å². The molecule has 0 saturated heterocycles. The number of carbonyl (C=O) groups is 1. The molecule has 1 aliphatic rings. The first-order chi connectivity index (χ1) is 8.08. The zero-order valence-electron chi connectivity index (χ0n) is 9.84. The van der Waals surface area contributed by atoms with E-state index in [0.717, 1.165) is 5.56 Å². The number of benzene rings is 1. The Kier molecular flexibility index (Phi) is 3.19. The van der Waals surface area contributed by atoms with Crippen molar-refractivity contribution in [3.05, 3.63) is 23.8 Å². The van der Waals surface area contributed by atoms with E-state index >= 15 is 0 Å². The van der Waals surface area contributed by atoms with Crippen molar-refractivity contribution in [2.75, 3.05) is 20.9 Å². The Morgan fingerprint density at radius 3 is 2.76 bits per heavy atom. The molecule has 5 nitrogen and oxygen atoms in total. The van der Waals surface area contributed by atoms with Crippen molar-refractivity contribution in [3.8, 4) is 11.5 Å². The fourth-order valence-corrected chi connectivity index (χ4v) is 1.88. The zero-order chi connectivity index (χ0) is 12.4. The van der Waals surface area contributed by atoms with E-state index in [0.29, 0.717) is 11.5 Å². The SMILES string of the molecule is CN(C)C(CC(=O)O)c1ccc2c(c1)OCO2. The fourth-order valence-electron chi connectivity index (χ4n) is 1.88. The van der Waals surface area contributed by atoms with E-state index in [1.165, 1.54) is 0 Å². The highest BCUT2D eigenvalue weighted by Crippen LogP contribution is 2.35. The molecule has 92 valence electrons. The number of nitrogens with zero attached hydrogens (tertiary/aromatic N) is 1. The van der Waals surface area contributed by atoms with Crippen LogP contribution >= 0.6 is 0 Å². The van der Waals surface area contributed by atoms with Crippen molar-refractivity contribution in [2.24, 2.45) is 0 Å². The van der Waals surface area contributed by atoms with Crippen molar-refractivity contribution < 1.29 is 19.4 Å². The van der Waals surface area contributed by atoms with Gasteiger partial charge in [0, 0.05) is 6.04 Å². The number of aliphatic carboxylic acids is 1. The van der Waals surface area contributed by atoms with Crippen molar-refractivity contribution in [1.82, 2.24) is 4.90 Å². The number of carboxylic acid groups (broad SMARTS) is 1. The van der Waals surface area contributed by atoms with Crippen LogP contribution in [0.4, 0.5) is 0 Å². The third kappa shape index (κ3) is 2.50. The quantitative estimate of drug-likeness (QED) is 0.859. The van der Waals surface area contributed by atoms with Gasteiger partial charge in [-0.05, 0) is 31.8 Å². The maximum Gasteiger partial charge on any atom is 0.305 e. The Bertz CT molecular complexity index is 431. The van der Waals surface area contributed by atoms with E-state index in [2.05, 4.69) is 0 Å². The van der Waals surface area contributed by atoms with Crippen molar-refractivity contribution in [2.45, 2.75) is 12.5 Å². The maximum absolute atomic E-state index is 10.8. The molecule has 2 rings (SSSR count). The molecule has 1 aromatic rings. The lowest BCUT2D eigenvalue weighted by atomic mass is 10.0. The molecule has 1 aliphatic heterocycles. The molecule has 0 fully saturated rings. The molecule has 0 radical (unpaired) electrons. The average Bonchev–Trinajstić information content (AvgIpc) is 2.72. The van der Waals surface area contributed by atoms with Gasteiger partial charge < -0.3 is 19.5 Å². The molecule has 1 N–H and O–H groups in total. The summed E-state index contributed by atoms with van der Waals surface area (Å²) in [5.74, 6) is 0.572. The summed E-state index contributed by atoms with van der Waals surface area (Å²) in [6.45, 7) is 0.227. The summed E-state index contributed by atoms with van der Waals surface area (Å²) in [6.07, 6.45) is 0.0621. The second kappa shape index (κ2) is 4.63. The first kappa shape index (κ1) is 11.7. The van der Waals surface area contributed by atoms with E-state index in [4.69, 9.17) is 14.6 Å². The maximum atomic E-state index is 10.8. The zero-order valence-corrected chi connectivity index (χ0v) is 9.84. The summed E-state index contributed by atoms with van der Waals surface area (Å²) in [7, 11) is 3.72. The minimum atomic E-state index is -0.818. The molecule has 0 bridgehead atoms. The van der Waals surface area contributed by atoms with Crippen LogP contribution in [0.5, 0.6) is 11.5 Å². The van der Waals surface area contributed by atoms with Crippen LogP contribution in [0.15, 0.2) is 18.2 Å². The summed E-state index contributed by atoms with van der Waals surface area (Å²) < 4.78 is 10.5. The van der Waals surface area contributed by atoms with Gasteiger partial charge in [-0.1, -0.05) is 6.07 Å². The standard InChI is InChI=1S/C12H15NO4/c1-13(2)9(6-12(14)15)8-3-4-10-11(5-8)17-7-16-10/h3-5,9H,6-7H2,1-2H3,(H,14,15). The first-order valence-electron chi connectivity index (χ1n) is 5.35. The van der Waals surface area contributed by atoms with Gasteiger partial charge in [0.15, 0.2) is 11.5 Å². The summed E-state index contributed by atoms with van der Waals surface area (Å²) >= 11 is 0. The molecule has 1 aromatic carbocycles. The second-order valence-electron chi connectivity index (χ2n) is 4.19. The van der Waals surface area contributed by atoms with E-state index < -0.39 is 5.97 Å². The third-order valence-corrected chi connectivity index (χ3v) is 2.77. The van der Waals surface area contributed by atoms with Crippen LogP contribution < -0.4 is 9.47 Å². The molecule has 0 spiro atoms. The van der Waals surface area contributed by atoms with Gasteiger partial charge in [-0.3, -0.25) is 4.79 Å². The van der Waals surface area contributed by atoms with Gasteiger partial charge in [0.25, 0.3) is 0 Å². The second-order valence-corrected chi connectivity index (χ2v) is 4.19. The molecule has 0 amide bonds. The lowest BCUT2D eigenvalue weighted by molar-refractivity contribution is -0.138. The van der Waals surface area contributed by atoms with Gasteiger partial charge in [0.1, 0.15) is 0 Å². The van der Waals surface area contributed by atoms with Crippen LogP contribution in [0.25, 0.3) is 0 Å². The van der Waals surface area contributed by atoms with Crippen LogP contribution in [0, 0.1) is 0 Å². The monoisotopic (exact) mass is 237 g/mol. The normalized spacial score (nSPS) is 15.0. The van der Waals surface area contributed by atoms with Crippen molar-refractivity contribution in [3.63, 3.8) is 0 Å². The molecule has 5 heteroatoms. The Balaban J connectivity index is 2.27. The molecule has 1 atom stereocenters.